The Morgan fingerprint density at radius 3 is 2.45 bits per heavy atom. The largest absolute Gasteiger partial charge is 0.417 e. The third-order valence-corrected chi connectivity index (χ3v) is 8.47. The van der Waals surface area contributed by atoms with Gasteiger partial charge in [-0.3, -0.25) is 0 Å². The van der Waals surface area contributed by atoms with Crippen molar-refractivity contribution >= 4 is 11.5 Å². The maximum Gasteiger partial charge on any atom is 0.417 e. The van der Waals surface area contributed by atoms with E-state index in [-0.39, 0.29) is 22.9 Å². The van der Waals surface area contributed by atoms with Crippen LogP contribution in [0.3, 0.4) is 0 Å². The molecule has 1 saturated heterocycles. The Bertz CT molecular complexity index is 1390. The molecule has 1 fully saturated rings. The lowest BCUT2D eigenvalue weighted by Crippen LogP contribution is -2.50. The maximum absolute atomic E-state index is 14.0. The van der Waals surface area contributed by atoms with E-state index in [9.17, 15) is 13.2 Å². The van der Waals surface area contributed by atoms with Crippen molar-refractivity contribution in [3.8, 4) is 11.4 Å². The van der Waals surface area contributed by atoms with E-state index in [1.165, 1.54) is 28.9 Å². The molecule has 0 saturated carbocycles. The number of aromatic nitrogens is 2. The van der Waals surface area contributed by atoms with E-state index in [0.29, 0.717) is 32.0 Å². The van der Waals surface area contributed by atoms with Gasteiger partial charge in [0, 0.05) is 61.9 Å². The number of piperidine rings is 1. The van der Waals surface area contributed by atoms with Gasteiger partial charge in [-0.05, 0) is 42.5 Å². The highest BCUT2D eigenvalue weighted by molar-refractivity contribution is 5.67. The van der Waals surface area contributed by atoms with E-state index < -0.39 is 11.7 Å². The van der Waals surface area contributed by atoms with Crippen LogP contribution in [0.5, 0.6) is 0 Å². The first kappa shape index (κ1) is 28.4. The van der Waals surface area contributed by atoms with Crippen LogP contribution in [0.15, 0.2) is 42.5 Å². The highest BCUT2D eigenvalue weighted by Crippen LogP contribution is 2.40. The predicted molar refractivity (Wildman–Crippen MR) is 154 cm³/mol. The summed E-state index contributed by atoms with van der Waals surface area (Å²) < 4.78 is 47.7. The average Bonchev–Trinajstić information content (AvgIpc) is 2.91. The fraction of sp³-hybridized carbons (Fsp3) is 0.500. The van der Waals surface area contributed by atoms with E-state index in [4.69, 9.17) is 14.7 Å². The molecule has 0 unspecified atom stereocenters. The Hall–Kier alpha value is -3.13. The molecule has 0 aliphatic carbocycles. The first-order chi connectivity index (χ1) is 18.9. The zero-order valence-corrected chi connectivity index (χ0v) is 24.3. The first-order valence-corrected chi connectivity index (χ1v) is 14.1. The highest BCUT2D eigenvalue weighted by atomic mass is 19.4. The smallest absolute Gasteiger partial charge is 0.381 e. The summed E-state index contributed by atoms with van der Waals surface area (Å²) in [5, 5.41) is 0. The second kappa shape index (κ2) is 10.7. The van der Waals surface area contributed by atoms with Crippen molar-refractivity contribution in [2.45, 2.75) is 72.2 Å². The summed E-state index contributed by atoms with van der Waals surface area (Å²) in [6.45, 7) is 13.6. The molecule has 0 N–H and O–H groups in total. The zero-order chi connectivity index (χ0) is 28.8. The van der Waals surface area contributed by atoms with Crippen molar-refractivity contribution in [2.75, 3.05) is 36.5 Å². The van der Waals surface area contributed by atoms with Gasteiger partial charge in [-0.25, -0.2) is 9.97 Å². The van der Waals surface area contributed by atoms with E-state index in [0.717, 1.165) is 36.1 Å². The molecule has 8 heteroatoms. The van der Waals surface area contributed by atoms with Crippen LogP contribution in [0, 0.1) is 12.3 Å². The molecule has 2 aliphatic heterocycles. The fourth-order valence-corrected chi connectivity index (χ4v) is 6.19. The molecule has 1 aromatic heterocycles. The number of halogens is 3. The third kappa shape index (κ3) is 5.42. The molecular formula is C32H39F3N4O. The SMILES string of the molecule is CO[C@H]1CCN(c2nc(-c3ccccc3C(F)(F)F)nc3c2CN(c2cc(C(C)C)ccc2C)CC3)CC1(C)C. The van der Waals surface area contributed by atoms with Gasteiger partial charge in [0.1, 0.15) is 5.82 Å². The van der Waals surface area contributed by atoms with Crippen LogP contribution >= 0.6 is 0 Å². The molecule has 2 aliphatic rings. The van der Waals surface area contributed by atoms with Crippen molar-refractivity contribution in [3.63, 3.8) is 0 Å². The van der Waals surface area contributed by atoms with Crippen LogP contribution in [0.4, 0.5) is 24.7 Å². The molecule has 40 heavy (non-hydrogen) atoms. The van der Waals surface area contributed by atoms with Gasteiger partial charge in [0.15, 0.2) is 5.82 Å². The summed E-state index contributed by atoms with van der Waals surface area (Å²) in [7, 11) is 1.74. The number of methoxy groups -OCH3 is 1. The molecule has 5 rings (SSSR count). The number of fused-ring (bicyclic) bond motifs is 1. The Morgan fingerprint density at radius 1 is 1.02 bits per heavy atom. The van der Waals surface area contributed by atoms with E-state index >= 15 is 0 Å². The van der Waals surface area contributed by atoms with Gasteiger partial charge in [-0.1, -0.05) is 58.0 Å². The second-order valence-electron chi connectivity index (χ2n) is 12.1. The molecule has 0 amide bonds. The lowest BCUT2D eigenvalue weighted by atomic mass is 9.81. The number of ether oxygens (including phenoxy) is 1. The van der Waals surface area contributed by atoms with Gasteiger partial charge in [-0.15, -0.1) is 0 Å². The van der Waals surface area contributed by atoms with Crippen molar-refractivity contribution in [1.82, 2.24) is 9.97 Å². The van der Waals surface area contributed by atoms with Crippen molar-refractivity contribution in [1.29, 1.82) is 0 Å². The topological polar surface area (TPSA) is 41.5 Å². The van der Waals surface area contributed by atoms with Crippen LogP contribution in [-0.2, 0) is 23.9 Å². The summed E-state index contributed by atoms with van der Waals surface area (Å²) in [6, 6.07) is 12.2. The average molecular weight is 553 g/mol. The summed E-state index contributed by atoms with van der Waals surface area (Å²) in [5.41, 5.74) is 4.67. The standard InChI is InChI=1S/C32H39F3N4O/c1-20(2)22-12-11-21(3)27(17-22)38-15-13-26-24(18-38)30(39-16-14-28(40-6)31(4,5)19-39)37-29(36-26)23-9-7-8-10-25(23)32(33,34)35/h7-12,17,20,28H,13-16,18-19H2,1-6H3/t28-/m0/s1. The molecule has 2 aromatic carbocycles. The number of nitrogens with zero attached hydrogens (tertiary/aromatic N) is 4. The number of hydrogen-bond donors (Lipinski definition) is 0. The third-order valence-electron chi connectivity index (χ3n) is 8.47. The minimum atomic E-state index is -4.50. The van der Waals surface area contributed by atoms with Crippen LogP contribution in [0.1, 0.15) is 68.0 Å². The Morgan fingerprint density at radius 2 is 1.77 bits per heavy atom. The molecule has 0 bridgehead atoms. The number of hydrogen-bond acceptors (Lipinski definition) is 5. The fourth-order valence-electron chi connectivity index (χ4n) is 6.19. The first-order valence-electron chi connectivity index (χ1n) is 14.1. The van der Waals surface area contributed by atoms with Gasteiger partial charge in [0.05, 0.1) is 17.4 Å². The Balaban J connectivity index is 1.62. The van der Waals surface area contributed by atoms with Crippen LogP contribution < -0.4 is 9.80 Å². The van der Waals surface area contributed by atoms with Gasteiger partial charge in [0.2, 0.25) is 0 Å². The van der Waals surface area contributed by atoms with Crippen LogP contribution in [-0.4, -0.2) is 42.8 Å². The molecule has 214 valence electrons. The lowest BCUT2D eigenvalue weighted by Gasteiger charge is -2.45. The summed E-state index contributed by atoms with van der Waals surface area (Å²) in [6.07, 6.45) is -2.94. The Kier molecular flexibility index (Phi) is 7.59. The van der Waals surface area contributed by atoms with Crippen molar-refractivity contribution in [2.24, 2.45) is 5.41 Å². The highest BCUT2D eigenvalue weighted by Gasteiger charge is 2.39. The quantitative estimate of drug-likeness (QED) is 0.330. The molecule has 3 heterocycles. The van der Waals surface area contributed by atoms with Gasteiger partial charge in [0.25, 0.3) is 0 Å². The van der Waals surface area contributed by atoms with Crippen molar-refractivity contribution < 1.29 is 17.9 Å². The summed E-state index contributed by atoms with van der Waals surface area (Å²) >= 11 is 0. The predicted octanol–water partition coefficient (Wildman–Crippen LogP) is 7.41. The van der Waals surface area contributed by atoms with Gasteiger partial charge < -0.3 is 14.5 Å². The number of anilines is 2. The van der Waals surface area contributed by atoms with Crippen LogP contribution in [0.25, 0.3) is 11.4 Å². The number of benzene rings is 2. The normalized spacial score (nSPS) is 19.2. The monoisotopic (exact) mass is 552 g/mol. The van der Waals surface area contributed by atoms with E-state index in [2.05, 4.69) is 62.6 Å². The molecule has 5 nitrogen and oxygen atoms in total. The van der Waals surface area contributed by atoms with Crippen molar-refractivity contribution in [3.05, 3.63) is 70.4 Å². The number of alkyl halides is 3. The number of aryl methyl sites for hydroxylation is 1. The minimum Gasteiger partial charge on any atom is -0.381 e. The molecular weight excluding hydrogens is 513 g/mol. The molecule has 0 spiro atoms. The summed E-state index contributed by atoms with van der Waals surface area (Å²) in [4.78, 5) is 14.3. The zero-order valence-electron chi connectivity index (χ0n) is 24.3. The molecule has 3 aromatic rings. The summed E-state index contributed by atoms with van der Waals surface area (Å²) in [5.74, 6) is 1.29. The van der Waals surface area contributed by atoms with E-state index in [1.54, 1.807) is 13.2 Å². The Labute approximate surface area is 235 Å². The van der Waals surface area contributed by atoms with Gasteiger partial charge >= 0.3 is 6.18 Å². The minimum absolute atomic E-state index is 0.0213. The van der Waals surface area contributed by atoms with Gasteiger partial charge in [-0.2, -0.15) is 13.2 Å². The molecule has 1 atom stereocenters. The maximum atomic E-state index is 14.0. The second-order valence-corrected chi connectivity index (χ2v) is 12.1. The van der Waals surface area contributed by atoms with E-state index in [1.807, 2.05) is 0 Å². The molecule has 0 radical (unpaired) electrons. The van der Waals surface area contributed by atoms with Crippen LogP contribution in [0.2, 0.25) is 0 Å². The number of rotatable bonds is 5. The lowest BCUT2D eigenvalue weighted by molar-refractivity contribution is -0.137.